The lowest BCUT2D eigenvalue weighted by Gasteiger charge is -2.45. The smallest absolute Gasteiger partial charge is 0.227 e. The topological polar surface area (TPSA) is 88.1 Å². The average Bonchev–Trinajstić information content (AvgIpc) is 2.87. The minimum atomic E-state index is -0.462. The number of rotatable bonds is 3. The summed E-state index contributed by atoms with van der Waals surface area (Å²) in [6, 6.07) is 8.07. The number of aromatic nitrogens is 4. The molecule has 3 aromatic heterocycles. The molecule has 1 aliphatic carbocycles. The van der Waals surface area contributed by atoms with E-state index in [-0.39, 0.29) is 0 Å². The molecule has 0 amide bonds. The molecule has 0 radical (unpaired) electrons. The molecule has 2 N–H and O–H groups in total. The maximum Gasteiger partial charge on any atom is 0.227 e. The summed E-state index contributed by atoms with van der Waals surface area (Å²) < 4.78 is 6.62. The first-order valence-corrected chi connectivity index (χ1v) is 12.2. The number of pyridine rings is 2. The molecule has 2 aliphatic heterocycles. The third-order valence-corrected chi connectivity index (χ3v) is 7.43. The van der Waals surface area contributed by atoms with Crippen molar-refractivity contribution in [3.63, 3.8) is 0 Å². The van der Waals surface area contributed by atoms with Gasteiger partial charge in [-0.05, 0) is 55.4 Å². The average molecular weight is 458 g/mol. The van der Waals surface area contributed by atoms with Crippen molar-refractivity contribution in [2.45, 2.75) is 45.1 Å². The predicted octanol–water partition coefficient (Wildman–Crippen LogP) is 4.27. The standard InChI is InChI=1S/C26H31N7O/c1-25(2)7-9-26(10-8-25)22-20(19-4-3-11-28-23(19)34-26)17-30-24(32-22)31-18-5-6-21(29-16-18)33-14-12-27-13-15-33/h3-6,11,16-17,27H,7-10,12-15H2,1-2H3,(H,30,31,32). The van der Waals surface area contributed by atoms with Crippen LogP contribution in [0.4, 0.5) is 17.5 Å². The van der Waals surface area contributed by atoms with Crippen molar-refractivity contribution in [3.05, 3.63) is 48.5 Å². The zero-order valence-electron chi connectivity index (χ0n) is 19.8. The quantitative estimate of drug-likeness (QED) is 0.603. The van der Waals surface area contributed by atoms with Crippen molar-refractivity contribution in [1.29, 1.82) is 0 Å². The van der Waals surface area contributed by atoms with E-state index in [2.05, 4.69) is 50.4 Å². The summed E-state index contributed by atoms with van der Waals surface area (Å²) in [5.74, 6) is 2.25. The Balaban J connectivity index is 1.31. The molecular weight excluding hydrogens is 426 g/mol. The Bertz CT molecular complexity index is 1180. The lowest BCUT2D eigenvalue weighted by atomic mass is 9.68. The van der Waals surface area contributed by atoms with Gasteiger partial charge >= 0.3 is 0 Å². The molecule has 2 fully saturated rings. The lowest BCUT2D eigenvalue weighted by Crippen LogP contribution is -2.43. The molecule has 6 rings (SSSR count). The van der Waals surface area contributed by atoms with Gasteiger partial charge < -0.3 is 20.3 Å². The van der Waals surface area contributed by atoms with Gasteiger partial charge in [-0.2, -0.15) is 0 Å². The van der Waals surface area contributed by atoms with Crippen molar-refractivity contribution in [2.24, 2.45) is 5.41 Å². The molecule has 176 valence electrons. The van der Waals surface area contributed by atoms with E-state index in [4.69, 9.17) is 9.72 Å². The highest BCUT2D eigenvalue weighted by Crippen LogP contribution is 2.52. The van der Waals surface area contributed by atoms with Crippen molar-refractivity contribution >= 4 is 17.5 Å². The van der Waals surface area contributed by atoms with Gasteiger partial charge in [-0.15, -0.1) is 0 Å². The Labute approximate surface area is 200 Å². The second-order valence-corrected chi connectivity index (χ2v) is 10.3. The van der Waals surface area contributed by atoms with E-state index in [0.717, 1.165) is 80.2 Å². The summed E-state index contributed by atoms with van der Waals surface area (Å²) in [7, 11) is 0. The summed E-state index contributed by atoms with van der Waals surface area (Å²) in [4.78, 5) is 21.2. The minimum absolute atomic E-state index is 0.311. The first-order valence-electron chi connectivity index (χ1n) is 12.2. The number of piperazine rings is 1. The third-order valence-electron chi connectivity index (χ3n) is 7.43. The van der Waals surface area contributed by atoms with Crippen LogP contribution in [0.25, 0.3) is 11.1 Å². The second-order valence-electron chi connectivity index (χ2n) is 10.3. The van der Waals surface area contributed by atoms with E-state index >= 15 is 0 Å². The van der Waals surface area contributed by atoms with Gasteiger partial charge in [0.25, 0.3) is 0 Å². The van der Waals surface area contributed by atoms with Gasteiger partial charge in [0.2, 0.25) is 11.8 Å². The highest BCUT2D eigenvalue weighted by Gasteiger charge is 2.47. The maximum atomic E-state index is 6.62. The van der Waals surface area contributed by atoms with Crippen molar-refractivity contribution < 1.29 is 4.74 Å². The molecular formula is C26H31N7O. The van der Waals surface area contributed by atoms with Gasteiger partial charge in [0.05, 0.1) is 17.6 Å². The van der Waals surface area contributed by atoms with Crippen LogP contribution in [-0.2, 0) is 5.60 Å². The largest absolute Gasteiger partial charge is 0.464 e. The Morgan fingerprint density at radius 2 is 1.76 bits per heavy atom. The normalized spacial score (nSPS) is 20.2. The van der Waals surface area contributed by atoms with Crippen LogP contribution >= 0.6 is 0 Å². The summed E-state index contributed by atoms with van der Waals surface area (Å²) >= 11 is 0. The Kier molecular flexibility index (Phi) is 5.13. The fourth-order valence-electron chi connectivity index (χ4n) is 5.24. The maximum absolute atomic E-state index is 6.62. The first-order chi connectivity index (χ1) is 16.5. The van der Waals surface area contributed by atoms with E-state index in [9.17, 15) is 0 Å². The molecule has 3 aliphatic rings. The molecule has 1 saturated carbocycles. The van der Waals surface area contributed by atoms with Crippen LogP contribution < -0.4 is 20.3 Å². The van der Waals surface area contributed by atoms with Gasteiger partial charge in [0.15, 0.2) is 5.60 Å². The molecule has 34 heavy (non-hydrogen) atoms. The van der Waals surface area contributed by atoms with Crippen LogP contribution in [0.5, 0.6) is 5.88 Å². The van der Waals surface area contributed by atoms with Gasteiger partial charge in [-0.25, -0.2) is 19.9 Å². The number of hydrogen-bond donors (Lipinski definition) is 2. The number of hydrogen-bond acceptors (Lipinski definition) is 8. The molecule has 0 aromatic carbocycles. The number of nitrogens with zero attached hydrogens (tertiary/aromatic N) is 5. The molecule has 1 spiro atoms. The van der Waals surface area contributed by atoms with E-state index < -0.39 is 5.60 Å². The monoisotopic (exact) mass is 457 g/mol. The zero-order valence-corrected chi connectivity index (χ0v) is 19.8. The Morgan fingerprint density at radius 1 is 0.941 bits per heavy atom. The lowest BCUT2D eigenvalue weighted by molar-refractivity contribution is -0.0161. The van der Waals surface area contributed by atoms with Crippen LogP contribution in [0, 0.1) is 5.41 Å². The van der Waals surface area contributed by atoms with Gasteiger partial charge in [-0.3, -0.25) is 0 Å². The molecule has 1 saturated heterocycles. The summed E-state index contributed by atoms with van der Waals surface area (Å²) in [5.41, 5.74) is 3.66. The zero-order chi connectivity index (χ0) is 23.2. The molecule has 5 heterocycles. The summed E-state index contributed by atoms with van der Waals surface area (Å²) in [5, 5.41) is 6.74. The summed E-state index contributed by atoms with van der Waals surface area (Å²) in [6.45, 7) is 8.60. The summed E-state index contributed by atoms with van der Waals surface area (Å²) in [6.07, 6.45) is 9.56. The van der Waals surface area contributed by atoms with Gasteiger partial charge in [0, 0.05) is 49.7 Å². The van der Waals surface area contributed by atoms with Crippen molar-refractivity contribution in [2.75, 3.05) is 36.4 Å². The third kappa shape index (κ3) is 3.86. The minimum Gasteiger partial charge on any atom is -0.464 e. The fourth-order valence-corrected chi connectivity index (χ4v) is 5.24. The highest BCUT2D eigenvalue weighted by molar-refractivity contribution is 5.74. The molecule has 0 unspecified atom stereocenters. The number of ether oxygens (including phenoxy) is 1. The second kappa shape index (κ2) is 8.20. The number of nitrogens with one attached hydrogen (secondary N) is 2. The van der Waals surface area contributed by atoms with Crippen LogP contribution in [0.1, 0.15) is 45.2 Å². The van der Waals surface area contributed by atoms with E-state index in [1.807, 2.05) is 30.6 Å². The van der Waals surface area contributed by atoms with Crippen molar-refractivity contribution in [1.82, 2.24) is 25.3 Å². The Hall–Kier alpha value is -3.26. The molecule has 0 bridgehead atoms. The molecule has 3 aromatic rings. The van der Waals surface area contributed by atoms with E-state index in [0.29, 0.717) is 17.2 Å². The Morgan fingerprint density at radius 3 is 2.53 bits per heavy atom. The fraction of sp³-hybridized carbons (Fsp3) is 0.462. The first kappa shape index (κ1) is 21.3. The van der Waals surface area contributed by atoms with Gasteiger partial charge in [-0.1, -0.05) is 13.8 Å². The van der Waals surface area contributed by atoms with Crippen LogP contribution in [0.15, 0.2) is 42.9 Å². The van der Waals surface area contributed by atoms with E-state index in [1.54, 1.807) is 6.20 Å². The number of fused-ring (bicyclic) bond motifs is 4. The van der Waals surface area contributed by atoms with Crippen molar-refractivity contribution in [3.8, 4) is 17.0 Å². The number of anilines is 3. The van der Waals surface area contributed by atoms with Gasteiger partial charge in [0.1, 0.15) is 5.82 Å². The molecule has 0 atom stereocenters. The highest BCUT2D eigenvalue weighted by atomic mass is 16.5. The molecule has 8 nitrogen and oxygen atoms in total. The van der Waals surface area contributed by atoms with Crippen LogP contribution in [0.2, 0.25) is 0 Å². The SMILES string of the molecule is CC1(C)CCC2(CC1)Oc1ncccc1-c1cnc(Nc3ccc(N4CCNCC4)nc3)nc12. The van der Waals surface area contributed by atoms with Crippen LogP contribution in [-0.4, -0.2) is 46.1 Å². The van der Waals surface area contributed by atoms with Crippen LogP contribution in [0.3, 0.4) is 0 Å². The molecule has 8 heteroatoms. The van der Waals surface area contributed by atoms with E-state index in [1.165, 1.54) is 0 Å². The predicted molar refractivity (Wildman–Crippen MR) is 132 cm³/mol.